The summed E-state index contributed by atoms with van der Waals surface area (Å²) in [6.45, 7) is 4.43. The molecule has 2 aromatic carbocycles. The predicted octanol–water partition coefficient (Wildman–Crippen LogP) is 1.96. The average molecular weight is 444 g/mol. The van der Waals surface area contributed by atoms with E-state index in [0.717, 1.165) is 11.3 Å². The molecular formula is C20H25N7O3S. The first-order chi connectivity index (χ1) is 14.8. The molecule has 0 atom stereocenters. The molecular weight excluding hydrogens is 418 g/mol. The van der Waals surface area contributed by atoms with E-state index >= 15 is 0 Å². The summed E-state index contributed by atoms with van der Waals surface area (Å²) in [5, 5.41) is 17.2. The largest absolute Gasteiger partial charge is 0.376 e. The zero-order valence-corrected chi connectivity index (χ0v) is 18.4. The highest BCUT2D eigenvalue weighted by Crippen LogP contribution is 2.20. The number of hydrogen-bond acceptors (Lipinski definition) is 7. The molecule has 0 fully saturated rings. The molecule has 0 saturated heterocycles. The molecule has 3 rings (SSSR count). The van der Waals surface area contributed by atoms with Gasteiger partial charge < -0.3 is 10.6 Å². The van der Waals surface area contributed by atoms with Crippen LogP contribution in [0.1, 0.15) is 13.8 Å². The molecule has 10 nitrogen and oxygen atoms in total. The molecule has 2 N–H and O–H groups in total. The van der Waals surface area contributed by atoms with E-state index in [4.69, 9.17) is 0 Å². The number of hydrogen-bond donors (Lipinski definition) is 2. The molecule has 0 aliphatic rings. The maximum atomic E-state index is 12.5. The fraction of sp³-hybridized carbons (Fsp3) is 0.300. The van der Waals surface area contributed by atoms with E-state index in [0.29, 0.717) is 24.6 Å². The average Bonchev–Trinajstić information content (AvgIpc) is 3.19. The van der Waals surface area contributed by atoms with Crippen molar-refractivity contribution >= 4 is 27.3 Å². The van der Waals surface area contributed by atoms with Gasteiger partial charge in [-0.1, -0.05) is 26.0 Å². The molecule has 3 aromatic rings. The standard InChI is InChI=1S/C20H25N7O3S/c1-4-27(5-2)31(29,30)18-11-9-16(10-12-18)22-19(28)14-21-17-8-6-7-15(13-17)20-23-24-25-26(20)3/h6-13,21H,4-5,14H2,1-3H3,(H,22,28). The van der Waals surface area contributed by atoms with Crippen molar-refractivity contribution in [3.05, 3.63) is 48.5 Å². The fourth-order valence-corrected chi connectivity index (χ4v) is 4.51. The molecule has 0 unspecified atom stereocenters. The summed E-state index contributed by atoms with van der Waals surface area (Å²) in [6.07, 6.45) is 0. The van der Waals surface area contributed by atoms with E-state index in [-0.39, 0.29) is 17.3 Å². The first-order valence-corrected chi connectivity index (χ1v) is 11.3. The number of rotatable bonds is 9. The second kappa shape index (κ2) is 9.67. The molecule has 0 bridgehead atoms. The van der Waals surface area contributed by atoms with E-state index in [9.17, 15) is 13.2 Å². The summed E-state index contributed by atoms with van der Waals surface area (Å²) in [4.78, 5) is 12.5. The van der Waals surface area contributed by atoms with Crippen molar-refractivity contribution < 1.29 is 13.2 Å². The summed E-state index contributed by atoms with van der Waals surface area (Å²) < 4.78 is 28.0. The molecule has 0 saturated carbocycles. The molecule has 1 aromatic heterocycles. The Labute approximate surface area is 181 Å². The van der Waals surface area contributed by atoms with Crippen LogP contribution in [0.3, 0.4) is 0 Å². The van der Waals surface area contributed by atoms with Crippen molar-refractivity contribution in [2.45, 2.75) is 18.7 Å². The van der Waals surface area contributed by atoms with Crippen LogP contribution in [0, 0.1) is 0 Å². The third-order valence-corrected chi connectivity index (χ3v) is 6.74. The van der Waals surface area contributed by atoms with Gasteiger partial charge in [0.2, 0.25) is 15.9 Å². The quantitative estimate of drug-likeness (QED) is 0.518. The maximum Gasteiger partial charge on any atom is 0.243 e. The Morgan fingerprint density at radius 1 is 1.06 bits per heavy atom. The lowest BCUT2D eigenvalue weighted by molar-refractivity contribution is -0.114. The Bertz CT molecular complexity index is 1140. The number of amides is 1. The van der Waals surface area contributed by atoms with E-state index in [1.807, 2.05) is 24.3 Å². The summed E-state index contributed by atoms with van der Waals surface area (Å²) in [5.74, 6) is 0.359. The zero-order chi connectivity index (χ0) is 22.4. The SMILES string of the molecule is CCN(CC)S(=O)(=O)c1ccc(NC(=O)CNc2cccc(-c3nnnn3C)c2)cc1. The summed E-state index contributed by atoms with van der Waals surface area (Å²) in [7, 11) is -1.77. The monoisotopic (exact) mass is 443 g/mol. The van der Waals surface area contributed by atoms with Crippen molar-refractivity contribution in [1.29, 1.82) is 0 Å². The number of carbonyl (C=O) groups is 1. The number of nitrogens with zero attached hydrogens (tertiary/aromatic N) is 5. The second-order valence-corrected chi connectivity index (χ2v) is 8.66. The molecule has 0 radical (unpaired) electrons. The Hall–Kier alpha value is -3.31. The lowest BCUT2D eigenvalue weighted by Crippen LogP contribution is -2.30. The third-order valence-electron chi connectivity index (χ3n) is 4.68. The number of benzene rings is 2. The summed E-state index contributed by atoms with van der Waals surface area (Å²) in [6, 6.07) is 13.6. The molecule has 31 heavy (non-hydrogen) atoms. The lowest BCUT2D eigenvalue weighted by atomic mass is 10.2. The molecule has 0 spiro atoms. The number of nitrogens with one attached hydrogen (secondary N) is 2. The van der Waals surface area contributed by atoms with Gasteiger partial charge in [0, 0.05) is 37.1 Å². The topological polar surface area (TPSA) is 122 Å². The van der Waals surface area contributed by atoms with Crippen LogP contribution < -0.4 is 10.6 Å². The van der Waals surface area contributed by atoms with Gasteiger partial charge >= 0.3 is 0 Å². The van der Waals surface area contributed by atoms with Crippen LogP contribution in [-0.4, -0.2) is 58.5 Å². The fourth-order valence-electron chi connectivity index (χ4n) is 3.05. The van der Waals surface area contributed by atoms with Crippen LogP contribution in [0.15, 0.2) is 53.4 Å². The van der Waals surface area contributed by atoms with E-state index < -0.39 is 10.0 Å². The molecule has 11 heteroatoms. The maximum absolute atomic E-state index is 12.5. The number of anilines is 2. The van der Waals surface area contributed by atoms with Crippen LogP contribution >= 0.6 is 0 Å². The summed E-state index contributed by atoms with van der Waals surface area (Å²) in [5.41, 5.74) is 2.09. The van der Waals surface area contributed by atoms with E-state index in [2.05, 4.69) is 26.2 Å². The minimum absolute atomic E-state index is 0.0417. The van der Waals surface area contributed by atoms with Gasteiger partial charge in [-0.3, -0.25) is 4.79 Å². The predicted molar refractivity (Wildman–Crippen MR) is 118 cm³/mol. The van der Waals surface area contributed by atoms with Gasteiger partial charge in [-0.15, -0.1) is 5.10 Å². The minimum Gasteiger partial charge on any atom is -0.376 e. The Kier molecular flexibility index (Phi) is 6.98. The molecule has 1 heterocycles. The van der Waals surface area contributed by atoms with Gasteiger partial charge in [0.1, 0.15) is 0 Å². The van der Waals surface area contributed by atoms with Gasteiger partial charge in [0.25, 0.3) is 0 Å². The number of carbonyl (C=O) groups excluding carboxylic acids is 1. The van der Waals surface area contributed by atoms with E-state index in [1.54, 1.807) is 37.7 Å². The summed E-state index contributed by atoms with van der Waals surface area (Å²) >= 11 is 0. The smallest absolute Gasteiger partial charge is 0.243 e. The Morgan fingerprint density at radius 3 is 2.39 bits per heavy atom. The van der Waals surface area contributed by atoms with Gasteiger partial charge in [-0.2, -0.15) is 4.31 Å². The molecule has 0 aliphatic carbocycles. The van der Waals surface area contributed by atoms with Gasteiger partial charge in [0.05, 0.1) is 11.4 Å². The number of sulfonamides is 1. The first kappa shape index (κ1) is 22.4. The Balaban J connectivity index is 1.60. The van der Waals surface area contributed by atoms with Crippen LogP contribution in [0.2, 0.25) is 0 Å². The van der Waals surface area contributed by atoms with Crippen molar-refractivity contribution in [2.75, 3.05) is 30.3 Å². The first-order valence-electron chi connectivity index (χ1n) is 9.82. The lowest BCUT2D eigenvalue weighted by Gasteiger charge is -2.18. The van der Waals surface area contributed by atoms with Crippen molar-refractivity contribution in [3.8, 4) is 11.4 Å². The van der Waals surface area contributed by atoms with Crippen LogP contribution in [0.4, 0.5) is 11.4 Å². The number of aryl methyl sites for hydroxylation is 1. The number of aromatic nitrogens is 4. The minimum atomic E-state index is -3.53. The van der Waals surface area contributed by atoms with Crippen molar-refractivity contribution in [3.63, 3.8) is 0 Å². The van der Waals surface area contributed by atoms with Gasteiger partial charge in [-0.05, 0) is 46.8 Å². The van der Waals surface area contributed by atoms with Gasteiger partial charge in [0.15, 0.2) is 5.82 Å². The normalized spacial score (nSPS) is 11.5. The molecule has 164 valence electrons. The van der Waals surface area contributed by atoms with E-state index in [1.165, 1.54) is 16.4 Å². The molecule has 0 aliphatic heterocycles. The molecule has 1 amide bonds. The number of tetrazole rings is 1. The van der Waals surface area contributed by atoms with Crippen molar-refractivity contribution in [2.24, 2.45) is 7.05 Å². The Morgan fingerprint density at radius 2 is 1.77 bits per heavy atom. The highest BCUT2D eigenvalue weighted by atomic mass is 32.2. The van der Waals surface area contributed by atoms with Crippen LogP contribution in [0.25, 0.3) is 11.4 Å². The highest BCUT2D eigenvalue weighted by molar-refractivity contribution is 7.89. The van der Waals surface area contributed by atoms with Gasteiger partial charge in [-0.25, -0.2) is 13.1 Å². The van der Waals surface area contributed by atoms with Crippen LogP contribution in [0.5, 0.6) is 0 Å². The highest BCUT2D eigenvalue weighted by Gasteiger charge is 2.21. The second-order valence-electron chi connectivity index (χ2n) is 6.72. The van der Waals surface area contributed by atoms with Crippen LogP contribution in [-0.2, 0) is 21.9 Å². The third kappa shape index (κ3) is 5.25. The van der Waals surface area contributed by atoms with Crippen molar-refractivity contribution in [1.82, 2.24) is 24.5 Å². The zero-order valence-electron chi connectivity index (χ0n) is 17.6.